The Kier molecular flexibility index (Phi) is 7.36. The summed E-state index contributed by atoms with van der Waals surface area (Å²) in [5, 5.41) is 10.5. The van der Waals surface area contributed by atoms with Crippen LogP contribution in [0, 0.1) is 0 Å². The minimum atomic E-state index is -1.05. The molecule has 0 radical (unpaired) electrons. The Labute approximate surface area is 196 Å². The summed E-state index contributed by atoms with van der Waals surface area (Å²) in [5.74, 6) is -0.729. The van der Waals surface area contributed by atoms with Gasteiger partial charge in [0.25, 0.3) is 11.8 Å². The first kappa shape index (κ1) is 23.7. The zero-order valence-corrected chi connectivity index (χ0v) is 20.1. The number of hydrogen-bond acceptors (Lipinski definition) is 5. The van der Waals surface area contributed by atoms with Crippen LogP contribution in [0.2, 0.25) is 0 Å². The Hall–Kier alpha value is -2.42. The molecule has 2 fully saturated rings. The number of rotatable bonds is 6. The maximum absolute atomic E-state index is 13.3. The maximum Gasteiger partial charge on any atom is 0.272 e. The highest BCUT2D eigenvalue weighted by Crippen LogP contribution is 2.27. The molecule has 3 amide bonds. The molecule has 33 heavy (non-hydrogen) atoms. The van der Waals surface area contributed by atoms with E-state index in [1.54, 1.807) is 14.0 Å². The number of amides is 3. The van der Waals surface area contributed by atoms with E-state index in [4.69, 9.17) is 0 Å². The highest BCUT2D eigenvalue weighted by atomic mass is 16.2. The predicted octanol–water partition coefficient (Wildman–Crippen LogP) is 1.78. The Morgan fingerprint density at radius 2 is 1.76 bits per heavy atom. The third-order valence-corrected chi connectivity index (χ3v) is 7.58. The highest BCUT2D eigenvalue weighted by Gasteiger charge is 2.46. The molecular weight excluding hydrogens is 420 g/mol. The molecule has 3 aliphatic rings. The molecule has 0 unspecified atom stereocenters. The van der Waals surface area contributed by atoms with Gasteiger partial charge in [-0.15, -0.1) is 0 Å². The molecule has 9 nitrogen and oxygen atoms in total. The largest absolute Gasteiger partial charge is 0.351 e. The smallest absolute Gasteiger partial charge is 0.272 e. The van der Waals surface area contributed by atoms with Crippen molar-refractivity contribution in [3.8, 4) is 0 Å². The summed E-state index contributed by atoms with van der Waals surface area (Å²) in [4.78, 5) is 42.9. The first-order valence-electron chi connectivity index (χ1n) is 12.6. The number of hydrogen-bond donors (Lipinski definition) is 2. The fourth-order valence-electron chi connectivity index (χ4n) is 5.20. The summed E-state index contributed by atoms with van der Waals surface area (Å²) in [5.41, 5.74) is -0.484. The molecule has 1 saturated heterocycles. The summed E-state index contributed by atoms with van der Waals surface area (Å²) in [7, 11) is 1.66. The van der Waals surface area contributed by atoms with Gasteiger partial charge in [-0.3, -0.25) is 19.1 Å². The van der Waals surface area contributed by atoms with E-state index in [0.29, 0.717) is 12.2 Å². The Bertz CT molecular complexity index is 870. The zero-order chi connectivity index (χ0) is 23.4. The predicted molar refractivity (Wildman–Crippen MR) is 125 cm³/mol. The van der Waals surface area contributed by atoms with E-state index in [2.05, 4.69) is 20.6 Å². The van der Waals surface area contributed by atoms with Crippen LogP contribution in [-0.2, 0) is 11.3 Å². The zero-order valence-electron chi connectivity index (χ0n) is 20.1. The van der Waals surface area contributed by atoms with Crippen molar-refractivity contribution >= 4 is 17.7 Å². The lowest BCUT2D eigenvalue weighted by Gasteiger charge is -2.41. The average Bonchev–Trinajstić information content (AvgIpc) is 3.06. The third kappa shape index (κ3) is 5.23. The molecular formula is C24H38N6O3. The second kappa shape index (κ2) is 10.2. The number of nitrogens with one attached hydrogen (secondary N) is 2. The summed E-state index contributed by atoms with van der Waals surface area (Å²) in [6.07, 6.45) is 10.3. The molecule has 0 bridgehead atoms. The summed E-state index contributed by atoms with van der Waals surface area (Å²) in [6, 6.07) is 1.69. The molecule has 1 aliphatic carbocycles. The normalized spacial score (nSPS) is 24.8. The van der Waals surface area contributed by atoms with E-state index >= 15 is 0 Å². The van der Waals surface area contributed by atoms with Gasteiger partial charge in [-0.2, -0.15) is 5.10 Å². The first-order chi connectivity index (χ1) is 15.9. The van der Waals surface area contributed by atoms with E-state index in [9.17, 15) is 14.4 Å². The van der Waals surface area contributed by atoms with Crippen LogP contribution in [0.15, 0.2) is 6.07 Å². The first-order valence-corrected chi connectivity index (χ1v) is 12.6. The lowest BCUT2D eigenvalue weighted by atomic mass is 9.95. The van der Waals surface area contributed by atoms with Crippen LogP contribution in [0.4, 0.5) is 0 Å². The Morgan fingerprint density at radius 3 is 2.45 bits per heavy atom. The van der Waals surface area contributed by atoms with Crippen LogP contribution in [0.5, 0.6) is 0 Å². The van der Waals surface area contributed by atoms with Crippen LogP contribution in [0.1, 0.15) is 85.7 Å². The van der Waals surface area contributed by atoms with Crippen molar-refractivity contribution in [2.24, 2.45) is 0 Å². The molecule has 1 aromatic heterocycles. The number of fused-ring (bicyclic) bond motifs is 1. The van der Waals surface area contributed by atoms with Crippen LogP contribution < -0.4 is 10.6 Å². The number of carbonyl (C=O) groups excluding carboxylic acids is 3. The second-order valence-corrected chi connectivity index (χ2v) is 10.0. The summed E-state index contributed by atoms with van der Waals surface area (Å²) >= 11 is 0. The third-order valence-electron chi connectivity index (χ3n) is 7.58. The van der Waals surface area contributed by atoms with Crippen LogP contribution >= 0.6 is 0 Å². The topological polar surface area (TPSA) is 99.6 Å². The van der Waals surface area contributed by atoms with Gasteiger partial charge in [-0.25, -0.2) is 0 Å². The van der Waals surface area contributed by atoms with E-state index in [-0.39, 0.29) is 36.0 Å². The SMILES string of the molecule is CN1C(=O)c2cc(C(=O)NCCN3CCCCC3)nn2C[C@@]1(C)C(=O)NC1CCCCCC1. The van der Waals surface area contributed by atoms with Gasteiger partial charge in [-0.05, 0) is 45.7 Å². The molecule has 4 rings (SSSR count). The van der Waals surface area contributed by atoms with Crippen molar-refractivity contribution in [3.05, 3.63) is 17.5 Å². The number of aromatic nitrogens is 2. The lowest BCUT2D eigenvalue weighted by molar-refractivity contribution is -0.133. The molecule has 0 spiro atoms. The molecule has 9 heteroatoms. The minimum absolute atomic E-state index is 0.153. The molecule has 1 aromatic rings. The number of piperidine rings is 1. The molecule has 3 heterocycles. The van der Waals surface area contributed by atoms with Gasteiger partial charge in [-0.1, -0.05) is 32.1 Å². The standard InChI is InChI=1S/C24H38N6O3/c1-24(23(33)26-18-10-6-3-4-7-11-18)17-30-20(22(32)28(24)2)16-19(27-30)21(31)25-12-15-29-13-8-5-9-14-29/h16,18H,3-15,17H2,1-2H3,(H,25,31)(H,26,33)/t24-/m0/s1. The van der Waals surface area contributed by atoms with E-state index in [1.807, 2.05) is 0 Å². The van der Waals surface area contributed by atoms with Crippen LogP contribution in [-0.4, -0.2) is 82.1 Å². The van der Waals surface area contributed by atoms with Crippen LogP contribution in [0.3, 0.4) is 0 Å². The van der Waals surface area contributed by atoms with E-state index in [1.165, 1.54) is 47.8 Å². The van der Waals surface area contributed by atoms with Gasteiger partial charge in [0.2, 0.25) is 5.91 Å². The van der Waals surface area contributed by atoms with E-state index in [0.717, 1.165) is 45.3 Å². The number of likely N-dealkylation sites (tertiary alicyclic amines) is 1. The van der Waals surface area contributed by atoms with Gasteiger partial charge in [0.15, 0.2) is 5.69 Å². The van der Waals surface area contributed by atoms with Crippen molar-refractivity contribution in [1.82, 2.24) is 30.2 Å². The minimum Gasteiger partial charge on any atom is -0.351 e. The van der Waals surface area contributed by atoms with Crippen molar-refractivity contribution in [2.75, 3.05) is 33.2 Å². The summed E-state index contributed by atoms with van der Waals surface area (Å²) < 4.78 is 1.52. The van der Waals surface area contributed by atoms with Gasteiger partial charge in [0, 0.05) is 32.2 Å². The van der Waals surface area contributed by atoms with Gasteiger partial charge >= 0.3 is 0 Å². The number of nitrogens with zero attached hydrogens (tertiary/aromatic N) is 4. The van der Waals surface area contributed by atoms with Crippen molar-refractivity contribution < 1.29 is 14.4 Å². The number of carbonyl (C=O) groups is 3. The van der Waals surface area contributed by atoms with Crippen LogP contribution in [0.25, 0.3) is 0 Å². The monoisotopic (exact) mass is 458 g/mol. The van der Waals surface area contributed by atoms with Gasteiger partial charge in [0.05, 0.1) is 6.54 Å². The molecule has 1 atom stereocenters. The molecule has 2 N–H and O–H groups in total. The van der Waals surface area contributed by atoms with Crippen molar-refractivity contribution in [2.45, 2.75) is 82.8 Å². The Morgan fingerprint density at radius 1 is 1.09 bits per heavy atom. The quantitative estimate of drug-likeness (QED) is 0.633. The fourth-order valence-corrected chi connectivity index (χ4v) is 5.20. The highest BCUT2D eigenvalue weighted by molar-refractivity contribution is 6.01. The second-order valence-electron chi connectivity index (χ2n) is 10.0. The average molecular weight is 459 g/mol. The number of likely N-dealkylation sites (N-methyl/N-ethyl adjacent to an activating group) is 1. The van der Waals surface area contributed by atoms with Crippen molar-refractivity contribution in [3.63, 3.8) is 0 Å². The molecule has 182 valence electrons. The molecule has 2 aliphatic heterocycles. The van der Waals surface area contributed by atoms with Gasteiger partial charge < -0.3 is 20.4 Å². The molecule has 1 saturated carbocycles. The van der Waals surface area contributed by atoms with Crippen molar-refractivity contribution in [1.29, 1.82) is 0 Å². The maximum atomic E-state index is 13.3. The fraction of sp³-hybridized carbons (Fsp3) is 0.750. The lowest BCUT2D eigenvalue weighted by Crippen LogP contribution is -2.63. The molecule has 0 aromatic carbocycles. The Balaban J connectivity index is 1.40. The summed E-state index contributed by atoms with van der Waals surface area (Å²) in [6.45, 7) is 5.54. The van der Waals surface area contributed by atoms with Gasteiger partial charge in [0.1, 0.15) is 11.2 Å². The van der Waals surface area contributed by atoms with E-state index < -0.39 is 5.54 Å².